The third-order valence-electron chi connectivity index (χ3n) is 4.11. The van der Waals surface area contributed by atoms with E-state index in [1.54, 1.807) is 30.5 Å². The van der Waals surface area contributed by atoms with Gasteiger partial charge in [-0.2, -0.15) is 0 Å². The molecule has 0 saturated carbocycles. The number of nitrogens with one attached hydrogen (secondary N) is 2. The molecule has 0 spiro atoms. The molecule has 31 heavy (non-hydrogen) atoms. The highest BCUT2D eigenvalue weighted by Crippen LogP contribution is 2.26. The van der Waals surface area contributed by atoms with Crippen LogP contribution in [0.25, 0.3) is 11.4 Å². The van der Waals surface area contributed by atoms with Crippen LogP contribution in [0.1, 0.15) is 16.3 Å². The molecule has 9 nitrogen and oxygen atoms in total. The van der Waals surface area contributed by atoms with Crippen molar-refractivity contribution in [1.82, 2.24) is 25.6 Å². The van der Waals surface area contributed by atoms with Crippen molar-refractivity contribution >= 4 is 35.2 Å². The fourth-order valence-electron chi connectivity index (χ4n) is 2.67. The third kappa shape index (κ3) is 5.16. The van der Waals surface area contributed by atoms with Gasteiger partial charge in [-0.15, -0.1) is 10.2 Å². The van der Waals surface area contributed by atoms with E-state index >= 15 is 0 Å². The molecule has 11 heteroatoms. The lowest BCUT2D eigenvalue weighted by Crippen LogP contribution is -2.42. The molecule has 3 aromatic heterocycles. The highest BCUT2D eigenvalue weighted by Gasteiger charge is 2.17. The zero-order valence-electron chi connectivity index (χ0n) is 15.9. The van der Waals surface area contributed by atoms with Gasteiger partial charge < -0.3 is 8.83 Å². The van der Waals surface area contributed by atoms with E-state index in [4.69, 9.17) is 20.4 Å². The van der Waals surface area contributed by atoms with Crippen molar-refractivity contribution in [2.24, 2.45) is 0 Å². The maximum atomic E-state index is 12.2. The predicted octanol–water partition coefficient (Wildman–Crippen LogP) is 3.39. The number of hydrogen-bond acceptors (Lipinski definition) is 7. The molecule has 2 N–H and O–H groups in total. The van der Waals surface area contributed by atoms with Crippen LogP contribution >= 0.6 is 23.4 Å². The van der Waals surface area contributed by atoms with E-state index in [2.05, 4.69) is 21.0 Å². The van der Waals surface area contributed by atoms with Gasteiger partial charge in [-0.05, 0) is 48.5 Å². The minimum atomic E-state index is -0.547. The van der Waals surface area contributed by atoms with Crippen LogP contribution in [0.5, 0.6) is 0 Å². The molecule has 2 amide bonds. The Bertz CT molecular complexity index is 1160. The van der Waals surface area contributed by atoms with Crippen molar-refractivity contribution in [3.8, 4) is 11.4 Å². The molecule has 0 bridgehead atoms. The van der Waals surface area contributed by atoms with E-state index in [-0.39, 0.29) is 11.5 Å². The van der Waals surface area contributed by atoms with Crippen LogP contribution in [0.4, 0.5) is 0 Å². The van der Waals surface area contributed by atoms with Crippen molar-refractivity contribution in [2.45, 2.75) is 11.7 Å². The van der Waals surface area contributed by atoms with E-state index in [0.29, 0.717) is 28.3 Å². The summed E-state index contributed by atoms with van der Waals surface area (Å²) in [7, 11) is 0. The second kappa shape index (κ2) is 9.54. The van der Waals surface area contributed by atoms with Crippen molar-refractivity contribution in [3.63, 3.8) is 0 Å². The van der Waals surface area contributed by atoms with Gasteiger partial charge >= 0.3 is 5.91 Å². The molecular formula is C20H16ClN5O4S. The van der Waals surface area contributed by atoms with Crippen LogP contribution in [0.2, 0.25) is 5.02 Å². The standard InChI is InChI=1S/C20H16ClN5O4S/c21-14-7-5-13(6-8-14)18-23-25-20(26(18)11-15-3-1-9-29-15)31-12-17(27)22-24-19(28)16-4-2-10-30-16/h1-10H,11-12H2,(H,22,27)(H,24,28). The first-order valence-corrected chi connectivity index (χ1v) is 10.4. The zero-order chi connectivity index (χ0) is 21.6. The topological polar surface area (TPSA) is 115 Å². The van der Waals surface area contributed by atoms with Crippen LogP contribution in [0, 0.1) is 0 Å². The Morgan fingerprint density at radius 3 is 2.48 bits per heavy atom. The van der Waals surface area contributed by atoms with Gasteiger partial charge in [0.25, 0.3) is 0 Å². The number of nitrogens with zero attached hydrogens (tertiary/aromatic N) is 3. The maximum absolute atomic E-state index is 12.2. The third-order valence-corrected chi connectivity index (χ3v) is 5.32. The average molecular weight is 458 g/mol. The number of benzene rings is 1. The molecule has 4 rings (SSSR count). The Balaban J connectivity index is 1.45. The number of thioether (sulfide) groups is 1. The minimum Gasteiger partial charge on any atom is -0.467 e. The van der Waals surface area contributed by atoms with E-state index in [9.17, 15) is 9.59 Å². The molecule has 3 heterocycles. The lowest BCUT2D eigenvalue weighted by Gasteiger charge is -2.09. The van der Waals surface area contributed by atoms with Gasteiger partial charge in [0.15, 0.2) is 16.7 Å². The average Bonchev–Trinajstić information content (AvgIpc) is 3.54. The molecule has 158 valence electrons. The summed E-state index contributed by atoms with van der Waals surface area (Å²) in [4.78, 5) is 24.0. The van der Waals surface area contributed by atoms with Crippen molar-refractivity contribution in [2.75, 3.05) is 5.75 Å². The van der Waals surface area contributed by atoms with Crippen LogP contribution in [0.3, 0.4) is 0 Å². The molecule has 0 unspecified atom stereocenters. The van der Waals surface area contributed by atoms with E-state index in [0.717, 1.165) is 5.56 Å². The molecule has 0 aliphatic heterocycles. The first-order valence-electron chi connectivity index (χ1n) is 9.07. The summed E-state index contributed by atoms with van der Waals surface area (Å²) in [5, 5.41) is 9.63. The van der Waals surface area contributed by atoms with Gasteiger partial charge in [0.05, 0.1) is 24.8 Å². The second-order valence-electron chi connectivity index (χ2n) is 6.25. The van der Waals surface area contributed by atoms with Crippen LogP contribution in [-0.2, 0) is 11.3 Å². The van der Waals surface area contributed by atoms with E-state index < -0.39 is 11.8 Å². The number of furan rings is 2. The Hall–Kier alpha value is -3.50. The molecule has 0 fully saturated rings. The SMILES string of the molecule is O=C(CSc1nnc(-c2ccc(Cl)cc2)n1Cc1ccco1)NNC(=O)c1ccco1. The van der Waals surface area contributed by atoms with Crippen LogP contribution < -0.4 is 10.9 Å². The number of carbonyl (C=O) groups excluding carboxylic acids is 2. The number of carbonyl (C=O) groups is 2. The fourth-order valence-corrected chi connectivity index (χ4v) is 3.53. The van der Waals surface area contributed by atoms with Gasteiger partial charge in [0.1, 0.15) is 5.76 Å². The summed E-state index contributed by atoms with van der Waals surface area (Å²) in [5.41, 5.74) is 5.46. The summed E-state index contributed by atoms with van der Waals surface area (Å²) in [6.07, 6.45) is 2.96. The summed E-state index contributed by atoms with van der Waals surface area (Å²) >= 11 is 7.17. The number of halogens is 1. The first-order chi connectivity index (χ1) is 15.1. The van der Waals surface area contributed by atoms with Crippen LogP contribution in [0.15, 0.2) is 75.0 Å². The fraction of sp³-hybridized carbons (Fsp3) is 0.100. The molecular weight excluding hydrogens is 442 g/mol. The van der Waals surface area contributed by atoms with Gasteiger partial charge in [-0.3, -0.25) is 25.0 Å². The lowest BCUT2D eigenvalue weighted by molar-refractivity contribution is -0.119. The largest absolute Gasteiger partial charge is 0.467 e. The first kappa shape index (κ1) is 20.8. The monoisotopic (exact) mass is 457 g/mol. The molecule has 0 radical (unpaired) electrons. The number of hydrogen-bond donors (Lipinski definition) is 2. The van der Waals surface area contributed by atoms with Gasteiger partial charge in [-0.1, -0.05) is 23.4 Å². The van der Waals surface area contributed by atoms with Crippen molar-refractivity contribution < 1.29 is 18.4 Å². The van der Waals surface area contributed by atoms with Crippen molar-refractivity contribution in [3.05, 3.63) is 77.6 Å². The minimum absolute atomic E-state index is 0.00927. The summed E-state index contributed by atoms with van der Waals surface area (Å²) < 4.78 is 12.3. The van der Waals surface area contributed by atoms with Gasteiger partial charge in [0.2, 0.25) is 5.91 Å². The molecule has 0 atom stereocenters. The molecule has 0 aliphatic carbocycles. The Morgan fingerprint density at radius 1 is 1.00 bits per heavy atom. The highest BCUT2D eigenvalue weighted by molar-refractivity contribution is 7.99. The van der Waals surface area contributed by atoms with Crippen LogP contribution in [-0.4, -0.2) is 32.3 Å². The Morgan fingerprint density at radius 2 is 1.77 bits per heavy atom. The van der Waals surface area contributed by atoms with E-state index in [1.165, 1.54) is 24.1 Å². The molecule has 0 aliphatic rings. The van der Waals surface area contributed by atoms with Gasteiger partial charge in [-0.25, -0.2) is 0 Å². The lowest BCUT2D eigenvalue weighted by atomic mass is 10.2. The Kier molecular flexibility index (Phi) is 6.39. The quantitative estimate of drug-likeness (QED) is 0.323. The summed E-state index contributed by atoms with van der Waals surface area (Å²) in [5.74, 6) is 0.475. The number of hydrazine groups is 1. The predicted molar refractivity (Wildman–Crippen MR) is 113 cm³/mol. The van der Waals surface area contributed by atoms with E-state index in [1.807, 2.05) is 22.8 Å². The van der Waals surface area contributed by atoms with Gasteiger partial charge in [0, 0.05) is 10.6 Å². The zero-order valence-corrected chi connectivity index (χ0v) is 17.5. The maximum Gasteiger partial charge on any atom is 0.305 e. The summed E-state index contributed by atoms with van der Waals surface area (Å²) in [6, 6.07) is 13.9. The molecule has 0 saturated heterocycles. The Labute approximate surface area is 185 Å². The number of rotatable bonds is 7. The smallest absolute Gasteiger partial charge is 0.305 e. The molecule has 4 aromatic rings. The number of aromatic nitrogens is 3. The number of amides is 2. The highest BCUT2D eigenvalue weighted by atomic mass is 35.5. The summed E-state index contributed by atoms with van der Waals surface area (Å²) in [6.45, 7) is 0.386. The van der Waals surface area contributed by atoms with Crippen molar-refractivity contribution in [1.29, 1.82) is 0 Å². The molecule has 1 aromatic carbocycles. The normalized spacial score (nSPS) is 10.7. The second-order valence-corrected chi connectivity index (χ2v) is 7.63.